The second-order valence-corrected chi connectivity index (χ2v) is 9.87. The highest BCUT2D eigenvalue weighted by Gasteiger charge is 2.37. The lowest BCUT2D eigenvalue weighted by Gasteiger charge is -2.35. The molecule has 0 aliphatic carbocycles. The molecule has 0 spiro atoms. The Bertz CT molecular complexity index is 1250. The molecule has 172 valence electrons. The maximum atomic E-state index is 13.4. The molecule has 1 aliphatic heterocycles. The number of hydrogen-bond acceptors (Lipinski definition) is 5. The molecule has 0 saturated heterocycles. The third kappa shape index (κ3) is 4.77. The number of amides is 1. The van der Waals surface area contributed by atoms with E-state index in [2.05, 4.69) is 5.32 Å². The topological polar surface area (TPSA) is 84.9 Å². The summed E-state index contributed by atoms with van der Waals surface area (Å²) in [5.41, 5.74) is 1.26. The molecule has 0 unspecified atom stereocenters. The lowest BCUT2D eigenvalue weighted by Crippen LogP contribution is -2.51. The molecule has 7 nitrogen and oxygen atoms in total. The van der Waals surface area contributed by atoms with E-state index in [1.807, 2.05) is 31.2 Å². The number of carbonyl (C=O) groups excluding carboxylic acids is 1. The highest BCUT2D eigenvalue weighted by Crippen LogP contribution is 2.37. The van der Waals surface area contributed by atoms with E-state index in [0.29, 0.717) is 22.2 Å². The molecule has 3 aromatic carbocycles. The van der Waals surface area contributed by atoms with Gasteiger partial charge in [-0.25, -0.2) is 8.42 Å². The van der Waals surface area contributed by atoms with Gasteiger partial charge in [-0.3, -0.25) is 9.10 Å². The summed E-state index contributed by atoms with van der Waals surface area (Å²) < 4.78 is 39.1. The van der Waals surface area contributed by atoms with Crippen molar-refractivity contribution in [3.63, 3.8) is 0 Å². The summed E-state index contributed by atoms with van der Waals surface area (Å²) >= 11 is 5.92. The highest BCUT2D eigenvalue weighted by atomic mass is 35.5. The SMILES string of the molecule is COc1ccc([C@@H](C)NC(=O)[C@@H]2CN(S(=O)(=O)c3ccc(Cl)cc3)c3ccccc3O2)cc1. The third-order valence-corrected chi connectivity index (χ3v) is 7.45. The van der Waals surface area contributed by atoms with Gasteiger partial charge in [0.1, 0.15) is 11.5 Å². The fourth-order valence-corrected chi connectivity index (χ4v) is 5.18. The molecular weight excluding hydrogens is 464 g/mol. The number of ether oxygens (including phenoxy) is 2. The maximum Gasteiger partial charge on any atom is 0.264 e. The predicted octanol–water partition coefficient (Wildman–Crippen LogP) is 4.18. The second kappa shape index (κ2) is 9.33. The van der Waals surface area contributed by atoms with E-state index in [1.165, 1.54) is 28.6 Å². The molecule has 1 amide bonds. The summed E-state index contributed by atoms with van der Waals surface area (Å²) in [7, 11) is -2.36. The van der Waals surface area contributed by atoms with Crippen LogP contribution in [0.25, 0.3) is 0 Å². The number of carbonyl (C=O) groups is 1. The van der Waals surface area contributed by atoms with Gasteiger partial charge in [-0.1, -0.05) is 35.9 Å². The van der Waals surface area contributed by atoms with Gasteiger partial charge in [-0.2, -0.15) is 0 Å². The number of fused-ring (bicyclic) bond motifs is 1. The number of halogens is 1. The zero-order valence-corrected chi connectivity index (χ0v) is 19.6. The van der Waals surface area contributed by atoms with Gasteiger partial charge in [0.2, 0.25) is 0 Å². The zero-order chi connectivity index (χ0) is 23.6. The summed E-state index contributed by atoms with van der Waals surface area (Å²) in [5.74, 6) is 0.621. The molecule has 0 bridgehead atoms. The van der Waals surface area contributed by atoms with Crippen LogP contribution in [0.15, 0.2) is 77.7 Å². The lowest BCUT2D eigenvalue weighted by atomic mass is 10.1. The van der Waals surface area contributed by atoms with Gasteiger partial charge >= 0.3 is 0 Å². The van der Waals surface area contributed by atoms with Crippen LogP contribution in [0.3, 0.4) is 0 Å². The Hall–Kier alpha value is -3.23. The minimum absolute atomic E-state index is 0.0781. The van der Waals surface area contributed by atoms with Crippen molar-refractivity contribution in [1.82, 2.24) is 5.32 Å². The van der Waals surface area contributed by atoms with Crippen LogP contribution in [0.5, 0.6) is 11.5 Å². The van der Waals surface area contributed by atoms with Crippen LogP contribution in [0.2, 0.25) is 5.02 Å². The lowest BCUT2D eigenvalue weighted by molar-refractivity contribution is -0.128. The van der Waals surface area contributed by atoms with Crippen LogP contribution in [-0.4, -0.2) is 34.1 Å². The Morgan fingerprint density at radius 2 is 1.76 bits per heavy atom. The minimum Gasteiger partial charge on any atom is -0.497 e. The van der Waals surface area contributed by atoms with Crippen LogP contribution in [0.1, 0.15) is 18.5 Å². The maximum absolute atomic E-state index is 13.4. The Balaban J connectivity index is 1.59. The van der Waals surface area contributed by atoms with E-state index in [0.717, 1.165) is 5.56 Å². The average Bonchev–Trinajstić information content (AvgIpc) is 2.83. The molecule has 0 radical (unpaired) electrons. The van der Waals surface area contributed by atoms with Gasteiger partial charge in [0.25, 0.3) is 15.9 Å². The number of hydrogen-bond donors (Lipinski definition) is 1. The van der Waals surface area contributed by atoms with Crippen LogP contribution in [-0.2, 0) is 14.8 Å². The predicted molar refractivity (Wildman–Crippen MR) is 126 cm³/mol. The van der Waals surface area contributed by atoms with E-state index in [1.54, 1.807) is 31.4 Å². The first kappa shape index (κ1) is 22.9. The number of benzene rings is 3. The van der Waals surface area contributed by atoms with Gasteiger partial charge < -0.3 is 14.8 Å². The van der Waals surface area contributed by atoms with Crippen molar-refractivity contribution in [1.29, 1.82) is 0 Å². The first-order valence-electron chi connectivity index (χ1n) is 10.3. The van der Waals surface area contributed by atoms with Crippen molar-refractivity contribution in [3.8, 4) is 11.5 Å². The molecule has 2 atom stereocenters. The quantitative estimate of drug-likeness (QED) is 0.565. The first-order valence-corrected chi connectivity index (χ1v) is 12.1. The van der Waals surface area contributed by atoms with Gasteiger partial charge in [-0.05, 0) is 61.0 Å². The number of nitrogens with one attached hydrogen (secondary N) is 1. The zero-order valence-electron chi connectivity index (χ0n) is 18.1. The van der Waals surface area contributed by atoms with Crippen LogP contribution in [0.4, 0.5) is 5.69 Å². The molecule has 0 saturated carbocycles. The Kier molecular flexibility index (Phi) is 6.49. The molecule has 0 aromatic heterocycles. The van der Waals surface area contributed by atoms with E-state index in [9.17, 15) is 13.2 Å². The van der Waals surface area contributed by atoms with E-state index < -0.39 is 22.0 Å². The average molecular weight is 487 g/mol. The number of anilines is 1. The van der Waals surface area contributed by atoms with Crippen molar-refractivity contribution < 1.29 is 22.7 Å². The number of methoxy groups -OCH3 is 1. The first-order chi connectivity index (χ1) is 15.8. The van der Waals surface area contributed by atoms with Crippen molar-refractivity contribution in [2.75, 3.05) is 18.0 Å². The van der Waals surface area contributed by atoms with Crippen molar-refractivity contribution in [2.24, 2.45) is 0 Å². The monoisotopic (exact) mass is 486 g/mol. The molecule has 0 fully saturated rings. The second-order valence-electron chi connectivity index (χ2n) is 7.57. The van der Waals surface area contributed by atoms with E-state index >= 15 is 0 Å². The number of nitrogens with zero attached hydrogens (tertiary/aromatic N) is 1. The Labute approximate surface area is 197 Å². The number of para-hydroxylation sites is 2. The summed E-state index contributed by atoms with van der Waals surface area (Å²) in [6, 6.07) is 19.7. The molecule has 9 heteroatoms. The molecule has 1 heterocycles. The van der Waals surface area contributed by atoms with Crippen LogP contribution in [0, 0.1) is 0 Å². The van der Waals surface area contributed by atoms with Gasteiger partial charge in [0.15, 0.2) is 6.10 Å². The summed E-state index contributed by atoms with van der Waals surface area (Å²) in [4.78, 5) is 13.1. The standard InChI is InChI=1S/C24H23ClN2O5S/c1-16(17-7-11-19(31-2)12-8-17)26-24(28)23-15-27(21-5-3-4-6-22(21)32-23)33(29,30)20-13-9-18(25)10-14-20/h3-14,16,23H,15H2,1-2H3,(H,26,28)/t16-,23+/m1/s1. The van der Waals surface area contributed by atoms with Crippen molar-refractivity contribution in [3.05, 3.63) is 83.4 Å². The highest BCUT2D eigenvalue weighted by molar-refractivity contribution is 7.92. The van der Waals surface area contributed by atoms with Crippen molar-refractivity contribution >= 4 is 33.2 Å². The van der Waals surface area contributed by atoms with E-state index in [4.69, 9.17) is 21.1 Å². The van der Waals surface area contributed by atoms with Gasteiger partial charge in [0, 0.05) is 5.02 Å². The van der Waals surface area contributed by atoms with Gasteiger partial charge in [0.05, 0.1) is 30.3 Å². The molecular formula is C24H23ClN2O5S. The molecule has 1 N–H and O–H groups in total. The summed E-state index contributed by atoms with van der Waals surface area (Å²) in [6.07, 6.45) is -1.03. The summed E-state index contributed by atoms with van der Waals surface area (Å²) in [6.45, 7) is 1.68. The number of rotatable bonds is 6. The molecule has 3 aromatic rings. The van der Waals surface area contributed by atoms with Gasteiger partial charge in [-0.15, -0.1) is 0 Å². The van der Waals surface area contributed by atoms with Crippen LogP contribution < -0.4 is 19.1 Å². The largest absolute Gasteiger partial charge is 0.497 e. The third-order valence-electron chi connectivity index (χ3n) is 5.40. The Morgan fingerprint density at radius 3 is 2.42 bits per heavy atom. The van der Waals surface area contributed by atoms with E-state index in [-0.39, 0.29) is 17.5 Å². The molecule has 1 aliphatic rings. The van der Waals surface area contributed by atoms with Crippen LogP contribution >= 0.6 is 11.6 Å². The van der Waals surface area contributed by atoms with Crippen molar-refractivity contribution in [2.45, 2.75) is 24.0 Å². The summed E-state index contributed by atoms with van der Waals surface area (Å²) in [5, 5.41) is 3.34. The number of sulfonamides is 1. The minimum atomic E-state index is -3.95. The normalized spacial score (nSPS) is 16.3. The molecule has 33 heavy (non-hydrogen) atoms. The molecule has 4 rings (SSSR count). The fourth-order valence-electron chi connectivity index (χ4n) is 3.58. The Morgan fingerprint density at radius 1 is 1.09 bits per heavy atom. The fraction of sp³-hybridized carbons (Fsp3) is 0.208. The smallest absolute Gasteiger partial charge is 0.264 e.